The Bertz CT molecular complexity index is 412. The number of nitrogens with two attached hydrogens (primary N) is 1. The van der Waals surface area contributed by atoms with Crippen molar-refractivity contribution in [3.8, 4) is 0 Å². The van der Waals surface area contributed by atoms with Crippen molar-refractivity contribution in [2.45, 2.75) is 26.4 Å². The van der Waals surface area contributed by atoms with Crippen molar-refractivity contribution in [2.24, 2.45) is 11.7 Å². The normalized spacial score (nSPS) is 12.4. The molecule has 4 nitrogen and oxygen atoms in total. The number of benzene rings is 1. The van der Waals surface area contributed by atoms with Crippen LogP contribution in [0.3, 0.4) is 0 Å². The molecular formula is C15H25N3O. The highest BCUT2D eigenvalue weighted by atomic mass is 16.2. The molecule has 4 heteroatoms. The second kappa shape index (κ2) is 6.57. The zero-order chi connectivity index (χ0) is 14.6. The second-order valence-corrected chi connectivity index (χ2v) is 5.52. The third kappa shape index (κ3) is 4.24. The second-order valence-electron chi connectivity index (χ2n) is 5.52. The Morgan fingerprint density at radius 2 is 1.68 bits per heavy atom. The highest BCUT2D eigenvalue weighted by Gasteiger charge is 2.20. The van der Waals surface area contributed by atoms with Gasteiger partial charge in [-0.3, -0.25) is 4.79 Å². The van der Waals surface area contributed by atoms with E-state index < -0.39 is 6.04 Å². The molecule has 0 aliphatic rings. The summed E-state index contributed by atoms with van der Waals surface area (Å²) in [4.78, 5) is 15.8. The van der Waals surface area contributed by atoms with Crippen LogP contribution in [0.4, 0.5) is 5.69 Å². The summed E-state index contributed by atoms with van der Waals surface area (Å²) in [5.41, 5.74) is 8.14. The summed E-state index contributed by atoms with van der Waals surface area (Å²) in [6.45, 7) is 4.51. The lowest BCUT2D eigenvalue weighted by molar-refractivity contribution is -0.132. The summed E-state index contributed by atoms with van der Waals surface area (Å²) in [5.74, 6) is 0.151. The highest BCUT2D eigenvalue weighted by Crippen LogP contribution is 2.14. The van der Waals surface area contributed by atoms with E-state index in [1.54, 1.807) is 11.9 Å². The largest absolute Gasteiger partial charge is 0.378 e. The van der Waals surface area contributed by atoms with Crippen molar-refractivity contribution < 1.29 is 4.79 Å². The van der Waals surface area contributed by atoms with Crippen LogP contribution in [0, 0.1) is 5.92 Å². The van der Waals surface area contributed by atoms with Crippen LogP contribution in [0.2, 0.25) is 0 Å². The van der Waals surface area contributed by atoms with Crippen LogP contribution in [0.1, 0.15) is 19.4 Å². The van der Waals surface area contributed by atoms with Gasteiger partial charge >= 0.3 is 0 Å². The van der Waals surface area contributed by atoms with Crippen LogP contribution >= 0.6 is 0 Å². The van der Waals surface area contributed by atoms with Gasteiger partial charge in [0.2, 0.25) is 5.91 Å². The van der Waals surface area contributed by atoms with Crippen LogP contribution in [0.5, 0.6) is 0 Å². The Balaban J connectivity index is 2.66. The van der Waals surface area contributed by atoms with Crippen molar-refractivity contribution in [2.75, 3.05) is 26.0 Å². The van der Waals surface area contributed by atoms with Gasteiger partial charge in [-0.1, -0.05) is 26.0 Å². The van der Waals surface area contributed by atoms with E-state index in [9.17, 15) is 4.79 Å². The summed E-state index contributed by atoms with van der Waals surface area (Å²) in [5, 5.41) is 0. The van der Waals surface area contributed by atoms with Crippen LogP contribution in [0.25, 0.3) is 0 Å². The zero-order valence-corrected chi connectivity index (χ0v) is 12.6. The fraction of sp³-hybridized carbons (Fsp3) is 0.533. The Morgan fingerprint density at radius 1 is 1.16 bits per heavy atom. The third-order valence-electron chi connectivity index (χ3n) is 3.25. The summed E-state index contributed by atoms with van der Waals surface area (Å²) in [7, 11) is 5.81. The minimum Gasteiger partial charge on any atom is -0.378 e. The zero-order valence-electron chi connectivity index (χ0n) is 12.6. The van der Waals surface area contributed by atoms with Gasteiger partial charge in [-0.25, -0.2) is 0 Å². The van der Waals surface area contributed by atoms with Gasteiger partial charge in [-0.15, -0.1) is 0 Å². The average molecular weight is 263 g/mol. The molecule has 1 atom stereocenters. The minimum atomic E-state index is -0.425. The van der Waals surface area contributed by atoms with E-state index in [2.05, 4.69) is 12.1 Å². The maximum atomic E-state index is 12.1. The number of rotatable bonds is 5. The van der Waals surface area contributed by atoms with Crippen molar-refractivity contribution in [3.63, 3.8) is 0 Å². The van der Waals surface area contributed by atoms with E-state index >= 15 is 0 Å². The van der Waals surface area contributed by atoms with Crippen LogP contribution in [-0.2, 0) is 11.3 Å². The van der Waals surface area contributed by atoms with E-state index in [0.717, 1.165) is 11.3 Å². The summed E-state index contributed by atoms with van der Waals surface area (Å²) >= 11 is 0. The first-order valence-electron chi connectivity index (χ1n) is 6.59. The molecule has 0 aliphatic carbocycles. The molecule has 0 saturated carbocycles. The first-order valence-corrected chi connectivity index (χ1v) is 6.59. The molecule has 0 fully saturated rings. The molecule has 106 valence electrons. The van der Waals surface area contributed by atoms with Gasteiger partial charge in [0, 0.05) is 33.4 Å². The van der Waals surface area contributed by atoms with Crippen LogP contribution in [0.15, 0.2) is 24.3 Å². The topological polar surface area (TPSA) is 49.6 Å². The molecule has 0 aliphatic heterocycles. The number of likely N-dealkylation sites (N-methyl/N-ethyl adjacent to an activating group) is 1. The predicted molar refractivity (Wildman–Crippen MR) is 80.1 cm³/mol. The molecule has 0 saturated heterocycles. The molecule has 1 aromatic rings. The lowest BCUT2D eigenvalue weighted by Crippen LogP contribution is -2.44. The Kier molecular flexibility index (Phi) is 5.36. The van der Waals surface area contributed by atoms with E-state index in [4.69, 9.17) is 5.73 Å². The lowest BCUT2D eigenvalue weighted by Gasteiger charge is -2.23. The smallest absolute Gasteiger partial charge is 0.239 e. The van der Waals surface area contributed by atoms with E-state index in [0.29, 0.717) is 6.54 Å². The highest BCUT2D eigenvalue weighted by molar-refractivity contribution is 5.81. The Hall–Kier alpha value is -1.55. The standard InChI is InChI=1S/C15H25N3O/c1-11(2)14(16)15(19)18(5)10-12-6-8-13(9-7-12)17(3)4/h6-9,11,14H,10,16H2,1-5H3/t14-/m0/s1. The van der Waals surface area contributed by atoms with Gasteiger partial charge < -0.3 is 15.5 Å². The van der Waals surface area contributed by atoms with Gasteiger partial charge in [0.1, 0.15) is 0 Å². The van der Waals surface area contributed by atoms with E-state index in [1.807, 2.05) is 45.0 Å². The van der Waals surface area contributed by atoms with Gasteiger partial charge in [0.05, 0.1) is 6.04 Å². The first-order chi connectivity index (χ1) is 8.82. The van der Waals surface area contributed by atoms with Gasteiger partial charge in [-0.05, 0) is 23.6 Å². The number of anilines is 1. The van der Waals surface area contributed by atoms with Crippen molar-refractivity contribution >= 4 is 11.6 Å². The number of nitrogens with zero attached hydrogens (tertiary/aromatic N) is 2. The van der Waals surface area contributed by atoms with Crippen LogP contribution < -0.4 is 10.6 Å². The third-order valence-corrected chi connectivity index (χ3v) is 3.25. The van der Waals surface area contributed by atoms with Gasteiger partial charge in [0.25, 0.3) is 0 Å². The fourth-order valence-corrected chi connectivity index (χ4v) is 1.79. The molecule has 0 aromatic heterocycles. The summed E-state index contributed by atoms with van der Waals surface area (Å²) in [6, 6.07) is 7.76. The summed E-state index contributed by atoms with van der Waals surface area (Å²) in [6.07, 6.45) is 0. The van der Waals surface area contributed by atoms with Crippen molar-refractivity contribution in [1.82, 2.24) is 4.90 Å². The first kappa shape index (κ1) is 15.5. The van der Waals surface area contributed by atoms with Crippen molar-refractivity contribution in [3.05, 3.63) is 29.8 Å². The molecule has 1 aromatic carbocycles. The quantitative estimate of drug-likeness (QED) is 0.879. The fourth-order valence-electron chi connectivity index (χ4n) is 1.79. The average Bonchev–Trinajstić information content (AvgIpc) is 2.37. The molecule has 0 bridgehead atoms. The molecule has 2 N–H and O–H groups in total. The number of carbonyl (C=O) groups is 1. The molecule has 0 spiro atoms. The SMILES string of the molecule is CC(C)[C@H](N)C(=O)N(C)Cc1ccc(N(C)C)cc1. The number of amides is 1. The number of hydrogen-bond donors (Lipinski definition) is 1. The minimum absolute atomic E-state index is 0.00770. The Morgan fingerprint density at radius 3 is 2.11 bits per heavy atom. The number of carbonyl (C=O) groups excluding carboxylic acids is 1. The van der Waals surface area contributed by atoms with E-state index in [1.165, 1.54) is 0 Å². The molecule has 0 heterocycles. The molecule has 0 unspecified atom stereocenters. The maximum absolute atomic E-state index is 12.1. The molecule has 1 amide bonds. The lowest BCUT2D eigenvalue weighted by atomic mass is 10.0. The van der Waals surface area contributed by atoms with E-state index in [-0.39, 0.29) is 11.8 Å². The van der Waals surface area contributed by atoms with Gasteiger partial charge in [0.15, 0.2) is 0 Å². The Labute approximate surface area is 116 Å². The molecule has 0 radical (unpaired) electrons. The molecular weight excluding hydrogens is 238 g/mol. The van der Waals surface area contributed by atoms with Crippen LogP contribution in [-0.4, -0.2) is 38.0 Å². The monoisotopic (exact) mass is 263 g/mol. The molecule has 19 heavy (non-hydrogen) atoms. The predicted octanol–water partition coefficient (Wildman–Crippen LogP) is 1.69. The van der Waals surface area contributed by atoms with Crippen molar-refractivity contribution in [1.29, 1.82) is 0 Å². The summed E-state index contributed by atoms with van der Waals surface area (Å²) < 4.78 is 0. The molecule has 1 rings (SSSR count). The van der Waals surface area contributed by atoms with Gasteiger partial charge in [-0.2, -0.15) is 0 Å². The number of hydrogen-bond acceptors (Lipinski definition) is 3. The maximum Gasteiger partial charge on any atom is 0.239 e.